The third-order valence-electron chi connectivity index (χ3n) is 4.32. The molecule has 0 amide bonds. The standard InChI is InChI=1S/C18H16ClN3O/c19-13-7-4-8-14-15(13)18(23)22(12-5-2-1-3-6-12)17(21-14)16(20)11-9-10-11/h1-8,11,16H,9-10,20H2/t16-/m0/s1. The van der Waals surface area contributed by atoms with E-state index in [4.69, 9.17) is 17.3 Å². The summed E-state index contributed by atoms with van der Waals surface area (Å²) in [7, 11) is 0. The van der Waals surface area contributed by atoms with Crippen LogP contribution in [0.2, 0.25) is 5.02 Å². The SMILES string of the molecule is N[C@H](c1nc2cccc(Cl)c2c(=O)n1-c1ccccc1)C1CC1. The van der Waals surface area contributed by atoms with E-state index in [1.807, 2.05) is 30.3 Å². The molecule has 0 spiro atoms. The molecule has 0 radical (unpaired) electrons. The summed E-state index contributed by atoms with van der Waals surface area (Å²) in [4.78, 5) is 17.8. The van der Waals surface area contributed by atoms with Crippen molar-refractivity contribution in [3.8, 4) is 5.69 Å². The molecule has 4 rings (SSSR count). The molecule has 0 bridgehead atoms. The Morgan fingerprint density at radius 3 is 2.57 bits per heavy atom. The van der Waals surface area contributed by atoms with Crippen molar-refractivity contribution in [1.29, 1.82) is 0 Å². The molecule has 1 aliphatic rings. The quantitative estimate of drug-likeness (QED) is 0.802. The van der Waals surface area contributed by atoms with Crippen LogP contribution in [0.1, 0.15) is 24.7 Å². The first kappa shape index (κ1) is 14.4. The van der Waals surface area contributed by atoms with E-state index in [2.05, 4.69) is 4.98 Å². The molecule has 0 unspecified atom stereocenters. The Kier molecular flexibility index (Phi) is 3.43. The van der Waals surface area contributed by atoms with E-state index in [9.17, 15) is 4.79 Å². The van der Waals surface area contributed by atoms with Crippen LogP contribution >= 0.6 is 11.6 Å². The van der Waals surface area contributed by atoms with Crippen LogP contribution in [-0.4, -0.2) is 9.55 Å². The van der Waals surface area contributed by atoms with E-state index in [0.29, 0.717) is 27.7 Å². The maximum Gasteiger partial charge on any atom is 0.267 e. The lowest BCUT2D eigenvalue weighted by atomic mass is 10.1. The van der Waals surface area contributed by atoms with Gasteiger partial charge in [0, 0.05) is 0 Å². The fraction of sp³-hybridized carbons (Fsp3) is 0.222. The minimum Gasteiger partial charge on any atom is -0.321 e. The zero-order valence-electron chi connectivity index (χ0n) is 12.4. The number of benzene rings is 2. The number of hydrogen-bond acceptors (Lipinski definition) is 3. The van der Waals surface area contributed by atoms with E-state index < -0.39 is 0 Å². The molecule has 23 heavy (non-hydrogen) atoms. The number of nitrogens with zero attached hydrogens (tertiary/aromatic N) is 2. The fourth-order valence-corrected chi connectivity index (χ4v) is 3.17. The van der Waals surface area contributed by atoms with E-state index in [1.54, 1.807) is 22.8 Å². The molecule has 5 heteroatoms. The summed E-state index contributed by atoms with van der Waals surface area (Å²) in [5, 5.41) is 0.848. The Morgan fingerprint density at radius 2 is 1.87 bits per heavy atom. The van der Waals surface area contributed by atoms with Gasteiger partial charge < -0.3 is 5.73 Å². The summed E-state index contributed by atoms with van der Waals surface area (Å²) in [5.74, 6) is 1.01. The summed E-state index contributed by atoms with van der Waals surface area (Å²) in [6.07, 6.45) is 2.17. The van der Waals surface area contributed by atoms with Gasteiger partial charge in [0.05, 0.1) is 27.7 Å². The van der Waals surface area contributed by atoms with E-state index in [0.717, 1.165) is 18.5 Å². The number of fused-ring (bicyclic) bond motifs is 1. The van der Waals surface area contributed by atoms with Crippen molar-refractivity contribution < 1.29 is 0 Å². The van der Waals surface area contributed by atoms with Crippen LogP contribution in [0.15, 0.2) is 53.3 Å². The van der Waals surface area contributed by atoms with Gasteiger partial charge in [-0.25, -0.2) is 4.98 Å². The summed E-state index contributed by atoms with van der Waals surface area (Å²) in [6, 6.07) is 14.5. The van der Waals surface area contributed by atoms with Crippen LogP contribution in [0, 0.1) is 5.92 Å². The van der Waals surface area contributed by atoms with Crippen molar-refractivity contribution in [3.05, 3.63) is 69.7 Å². The molecule has 1 saturated carbocycles. The van der Waals surface area contributed by atoms with Gasteiger partial charge in [0.1, 0.15) is 5.82 Å². The molecule has 3 aromatic rings. The minimum atomic E-state index is -0.244. The van der Waals surface area contributed by atoms with Gasteiger partial charge in [-0.1, -0.05) is 35.9 Å². The van der Waals surface area contributed by atoms with Crippen molar-refractivity contribution in [2.45, 2.75) is 18.9 Å². The topological polar surface area (TPSA) is 60.9 Å². The maximum atomic E-state index is 13.1. The second-order valence-corrected chi connectivity index (χ2v) is 6.35. The van der Waals surface area contributed by atoms with Crippen LogP contribution in [0.4, 0.5) is 0 Å². The van der Waals surface area contributed by atoms with E-state index in [1.165, 1.54) is 0 Å². The van der Waals surface area contributed by atoms with Crippen molar-refractivity contribution in [1.82, 2.24) is 9.55 Å². The van der Waals surface area contributed by atoms with Gasteiger partial charge in [-0.3, -0.25) is 9.36 Å². The number of hydrogen-bond donors (Lipinski definition) is 1. The Hall–Kier alpha value is -2.17. The molecule has 2 N–H and O–H groups in total. The Balaban J connectivity index is 2.08. The van der Waals surface area contributed by atoms with Gasteiger partial charge in [0.2, 0.25) is 0 Å². The monoisotopic (exact) mass is 325 g/mol. The fourth-order valence-electron chi connectivity index (χ4n) is 2.92. The first-order valence-corrected chi connectivity index (χ1v) is 8.07. The van der Waals surface area contributed by atoms with Gasteiger partial charge in [-0.15, -0.1) is 0 Å². The average molecular weight is 326 g/mol. The predicted octanol–water partition coefficient (Wildman–Crippen LogP) is 3.45. The van der Waals surface area contributed by atoms with Crippen LogP contribution in [0.25, 0.3) is 16.6 Å². The lowest BCUT2D eigenvalue weighted by Gasteiger charge is -2.18. The third-order valence-corrected chi connectivity index (χ3v) is 4.63. The van der Waals surface area contributed by atoms with Gasteiger partial charge in [0.15, 0.2) is 0 Å². The van der Waals surface area contributed by atoms with E-state index >= 15 is 0 Å². The predicted molar refractivity (Wildman–Crippen MR) is 92.0 cm³/mol. The smallest absolute Gasteiger partial charge is 0.267 e. The molecule has 116 valence electrons. The molecule has 2 aromatic carbocycles. The van der Waals surface area contributed by atoms with Gasteiger partial charge >= 0.3 is 0 Å². The zero-order valence-corrected chi connectivity index (χ0v) is 13.2. The molecular weight excluding hydrogens is 310 g/mol. The molecule has 1 heterocycles. The normalized spacial score (nSPS) is 15.7. The molecule has 1 fully saturated rings. The zero-order chi connectivity index (χ0) is 16.0. The Bertz CT molecular complexity index is 932. The number of para-hydroxylation sites is 1. The maximum absolute atomic E-state index is 13.1. The van der Waals surface area contributed by atoms with Crippen molar-refractivity contribution >= 4 is 22.5 Å². The molecule has 1 aromatic heterocycles. The highest BCUT2D eigenvalue weighted by molar-refractivity contribution is 6.35. The molecular formula is C18H16ClN3O. The van der Waals surface area contributed by atoms with Crippen molar-refractivity contribution in [2.75, 3.05) is 0 Å². The number of halogens is 1. The third kappa shape index (κ3) is 2.44. The highest BCUT2D eigenvalue weighted by Gasteiger charge is 2.33. The highest BCUT2D eigenvalue weighted by atomic mass is 35.5. The summed E-state index contributed by atoms with van der Waals surface area (Å²) < 4.78 is 1.61. The van der Waals surface area contributed by atoms with Gasteiger partial charge in [-0.2, -0.15) is 0 Å². The lowest BCUT2D eigenvalue weighted by Crippen LogP contribution is -2.29. The minimum absolute atomic E-state index is 0.169. The second kappa shape index (κ2) is 5.48. The van der Waals surface area contributed by atoms with Crippen LogP contribution in [-0.2, 0) is 0 Å². The average Bonchev–Trinajstić information content (AvgIpc) is 3.39. The first-order valence-electron chi connectivity index (χ1n) is 7.69. The highest BCUT2D eigenvalue weighted by Crippen LogP contribution is 2.39. The van der Waals surface area contributed by atoms with Crippen molar-refractivity contribution in [2.24, 2.45) is 11.7 Å². The lowest BCUT2D eigenvalue weighted by molar-refractivity contribution is 0.574. The van der Waals surface area contributed by atoms with Crippen molar-refractivity contribution in [3.63, 3.8) is 0 Å². The number of nitrogens with two attached hydrogens (primary N) is 1. The summed E-state index contributed by atoms with van der Waals surface area (Å²) in [5.41, 5.74) is 7.57. The van der Waals surface area contributed by atoms with E-state index in [-0.39, 0.29) is 11.6 Å². The van der Waals surface area contributed by atoms with Crippen LogP contribution < -0.4 is 11.3 Å². The number of rotatable bonds is 3. The van der Waals surface area contributed by atoms with Gasteiger partial charge in [-0.05, 0) is 43.0 Å². The molecule has 4 nitrogen and oxygen atoms in total. The first-order chi connectivity index (χ1) is 11.2. The summed E-state index contributed by atoms with van der Waals surface area (Å²) in [6.45, 7) is 0. The molecule has 1 atom stereocenters. The van der Waals surface area contributed by atoms with Crippen LogP contribution in [0.5, 0.6) is 0 Å². The van der Waals surface area contributed by atoms with Gasteiger partial charge in [0.25, 0.3) is 5.56 Å². The molecule has 0 saturated heterocycles. The molecule has 0 aliphatic heterocycles. The Labute approximate surface area is 138 Å². The number of aromatic nitrogens is 2. The largest absolute Gasteiger partial charge is 0.321 e. The second-order valence-electron chi connectivity index (χ2n) is 5.94. The Morgan fingerprint density at radius 1 is 1.13 bits per heavy atom. The molecule has 1 aliphatic carbocycles. The summed E-state index contributed by atoms with van der Waals surface area (Å²) >= 11 is 6.24. The van der Waals surface area contributed by atoms with Crippen LogP contribution in [0.3, 0.4) is 0 Å².